The van der Waals surface area contributed by atoms with E-state index in [0.717, 1.165) is 43.9 Å². The molecule has 1 spiro atoms. The molecular formula is C19H23N3O3. The molecule has 6 heteroatoms. The molecule has 6 nitrogen and oxygen atoms in total. The van der Waals surface area contributed by atoms with Gasteiger partial charge in [-0.1, -0.05) is 0 Å². The molecular weight excluding hydrogens is 318 g/mol. The van der Waals surface area contributed by atoms with Gasteiger partial charge >= 0.3 is 0 Å². The van der Waals surface area contributed by atoms with Crippen molar-refractivity contribution in [1.82, 2.24) is 9.88 Å². The van der Waals surface area contributed by atoms with Gasteiger partial charge in [0.15, 0.2) is 0 Å². The monoisotopic (exact) mass is 341 g/mol. The number of carbonyl (C=O) groups excluding carboxylic acids is 1. The minimum absolute atomic E-state index is 0.00383. The number of carbonyl (C=O) groups is 1. The van der Waals surface area contributed by atoms with Crippen LogP contribution < -0.4 is 4.90 Å². The fourth-order valence-electron chi connectivity index (χ4n) is 3.99. The molecule has 0 N–H and O–H groups in total. The van der Waals surface area contributed by atoms with Gasteiger partial charge in [-0.15, -0.1) is 0 Å². The lowest BCUT2D eigenvalue weighted by molar-refractivity contribution is -0.153. The summed E-state index contributed by atoms with van der Waals surface area (Å²) in [4.78, 5) is 20.9. The number of pyridine rings is 1. The molecule has 2 aromatic rings. The molecule has 25 heavy (non-hydrogen) atoms. The Balaban J connectivity index is 1.48. The number of piperidine rings is 1. The minimum Gasteiger partial charge on any atom is -0.468 e. The molecule has 2 aliphatic heterocycles. The van der Waals surface area contributed by atoms with Gasteiger partial charge in [0, 0.05) is 19.3 Å². The maximum atomic E-state index is 12.5. The number of hydrogen-bond acceptors (Lipinski definition) is 5. The SMILES string of the molecule is CC1N(c2cccnc2)C(=O)COC12CCN(Cc1ccco1)CC2. The number of hydrogen-bond donors (Lipinski definition) is 0. The Morgan fingerprint density at radius 3 is 2.80 bits per heavy atom. The first-order valence-corrected chi connectivity index (χ1v) is 8.79. The number of morpholine rings is 1. The zero-order valence-electron chi connectivity index (χ0n) is 14.4. The van der Waals surface area contributed by atoms with Crippen LogP contribution in [0, 0.1) is 0 Å². The third kappa shape index (κ3) is 3.07. The van der Waals surface area contributed by atoms with Crippen molar-refractivity contribution in [3.05, 3.63) is 48.7 Å². The molecule has 2 aromatic heterocycles. The van der Waals surface area contributed by atoms with Gasteiger partial charge in [0.05, 0.1) is 36.3 Å². The summed E-state index contributed by atoms with van der Waals surface area (Å²) in [6.07, 6.45) is 6.99. The van der Waals surface area contributed by atoms with Crippen molar-refractivity contribution in [3.63, 3.8) is 0 Å². The Morgan fingerprint density at radius 1 is 1.28 bits per heavy atom. The lowest BCUT2D eigenvalue weighted by atomic mass is 9.82. The molecule has 4 rings (SSSR count). The Bertz CT molecular complexity index is 709. The second-order valence-corrected chi connectivity index (χ2v) is 6.86. The summed E-state index contributed by atoms with van der Waals surface area (Å²) in [6.45, 7) is 4.91. The van der Waals surface area contributed by atoms with E-state index in [4.69, 9.17) is 9.15 Å². The largest absolute Gasteiger partial charge is 0.468 e. The van der Waals surface area contributed by atoms with Crippen LogP contribution in [0.15, 0.2) is 47.3 Å². The molecule has 2 aliphatic rings. The van der Waals surface area contributed by atoms with Gasteiger partial charge in [0.2, 0.25) is 0 Å². The van der Waals surface area contributed by atoms with Crippen molar-refractivity contribution in [1.29, 1.82) is 0 Å². The van der Waals surface area contributed by atoms with Gasteiger partial charge in [0.1, 0.15) is 12.4 Å². The number of aromatic nitrogens is 1. The predicted molar refractivity (Wildman–Crippen MR) is 93.1 cm³/mol. The molecule has 0 saturated carbocycles. The van der Waals surface area contributed by atoms with Crippen molar-refractivity contribution >= 4 is 11.6 Å². The zero-order chi connectivity index (χ0) is 17.3. The Morgan fingerprint density at radius 2 is 2.12 bits per heavy atom. The summed E-state index contributed by atoms with van der Waals surface area (Å²) in [5, 5.41) is 0. The molecule has 2 fully saturated rings. The molecule has 132 valence electrons. The van der Waals surface area contributed by atoms with Crippen molar-refractivity contribution in [3.8, 4) is 0 Å². The van der Waals surface area contributed by atoms with Crippen LogP contribution in [0.2, 0.25) is 0 Å². The summed E-state index contributed by atoms with van der Waals surface area (Å²) in [5.41, 5.74) is 0.560. The van der Waals surface area contributed by atoms with Crippen molar-refractivity contribution in [2.24, 2.45) is 0 Å². The van der Waals surface area contributed by atoms with Crippen LogP contribution in [-0.4, -0.2) is 47.1 Å². The second kappa shape index (κ2) is 6.61. The lowest BCUT2D eigenvalue weighted by Gasteiger charge is -2.51. The van der Waals surface area contributed by atoms with Gasteiger partial charge in [-0.25, -0.2) is 0 Å². The standard InChI is InChI=1S/C19H23N3O3/c1-15-19(6-9-21(10-7-19)13-17-5-3-11-24-17)25-14-18(23)22(15)16-4-2-8-20-12-16/h2-5,8,11-12,15H,6-7,9-10,13-14H2,1H3. The summed E-state index contributed by atoms with van der Waals surface area (Å²) in [5.74, 6) is 0.991. The molecule has 1 atom stereocenters. The molecule has 0 radical (unpaired) electrons. The van der Waals surface area contributed by atoms with E-state index in [-0.39, 0.29) is 24.2 Å². The summed E-state index contributed by atoms with van der Waals surface area (Å²) >= 11 is 0. The van der Waals surface area contributed by atoms with Gasteiger partial charge in [0.25, 0.3) is 5.91 Å². The zero-order valence-corrected chi connectivity index (χ0v) is 14.4. The van der Waals surface area contributed by atoms with E-state index in [0.29, 0.717) is 0 Å². The minimum atomic E-state index is -0.288. The van der Waals surface area contributed by atoms with Gasteiger partial charge in [-0.3, -0.25) is 14.7 Å². The Labute approximate surface area is 147 Å². The number of ether oxygens (including phenoxy) is 1. The molecule has 1 unspecified atom stereocenters. The van der Waals surface area contributed by atoms with E-state index >= 15 is 0 Å². The third-order valence-corrected chi connectivity index (χ3v) is 5.49. The summed E-state index contributed by atoms with van der Waals surface area (Å²) in [6, 6.07) is 7.72. The number of rotatable bonds is 3. The normalized spacial score (nSPS) is 24.0. The number of furan rings is 1. The second-order valence-electron chi connectivity index (χ2n) is 6.86. The molecule has 4 heterocycles. The average Bonchev–Trinajstić information content (AvgIpc) is 3.15. The van der Waals surface area contributed by atoms with Gasteiger partial charge < -0.3 is 14.1 Å². The number of amides is 1. The topological polar surface area (TPSA) is 58.8 Å². The molecule has 0 aromatic carbocycles. The Kier molecular flexibility index (Phi) is 4.31. The first-order valence-electron chi connectivity index (χ1n) is 8.79. The van der Waals surface area contributed by atoms with Crippen LogP contribution >= 0.6 is 0 Å². The van der Waals surface area contributed by atoms with Crippen LogP contribution in [0.4, 0.5) is 5.69 Å². The third-order valence-electron chi connectivity index (χ3n) is 5.49. The quantitative estimate of drug-likeness (QED) is 0.858. The van der Waals surface area contributed by atoms with Gasteiger partial charge in [-0.2, -0.15) is 0 Å². The highest BCUT2D eigenvalue weighted by molar-refractivity contribution is 5.95. The van der Waals surface area contributed by atoms with E-state index in [9.17, 15) is 4.79 Å². The summed E-state index contributed by atoms with van der Waals surface area (Å²) in [7, 11) is 0. The first-order chi connectivity index (χ1) is 12.2. The maximum Gasteiger partial charge on any atom is 0.253 e. The van der Waals surface area contributed by atoms with Crippen molar-refractivity contribution in [2.75, 3.05) is 24.6 Å². The van der Waals surface area contributed by atoms with Crippen LogP contribution in [0.25, 0.3) is 0 Å². The lowest BCUT2D eigenvalue weighted by Crippen LogP contribution is -2.64. The highest BCUT2D eigenvalue weighted by Crippen LogP contribution is 2.37. The highest BCUT2D eigenvalue weighted by atomic mass is 16.5. The molecule has 0 bridgehead atoms. The first kappa shape index (κ1) is 16.3. The molecule has 0 aliphatic carbocycles. The Hall–Kier alpha value is -2.18. The van der Waals surface area contributed by atoms with E-state index in [2.05, 4.69) is 16.8 Å². The smallest absolute Gasteiger partial charge is 0.253 e. The van der Waals surface area contributed by atoms with E-state index in [1.54, 1.807) is 18.7 Å². The van der Waals surface area contributed by atoms with Gasteiger partial charge in [-0.05, 0) is 44.0 Å². The molecule has 1 amide bonds. The number of nitrogens with zero attached hydrogens (tertiary/aromatic N) is 3. The number of anilines is 1. The van der Waals surface area contributed by atoms with E-state index < -0.39 is 0 Å². The summed E-state index contributed by atoms with van der Waals surface area (Å²) < 4.78 is 11.6. The van der Waals surface area contributed by atoms with E-state index in [1.807, 2.05) is 29.2 Å². The predicted octanol–water partition coefficient (Wildman–Crippen LogP) is 2.46. The van der Waals surface area contributed by atoms with Crippen LogP contribution in [0.3, 0.4) is 0 Å². The van der Waals surface area contributed by atoms with E-state index in [1.165, 1.54) is 0 Å². The van der Waals surface area contributed by atoms with Crippen LogP contribution in [-0.2, 0) is 16.1 Å². The molecule has 2 saturated heterocycles. The highest BCUT2D eigenvalue weighted by Gasteiger charge is 2.48. The fourth-order valence-corrected chi connectivity index (χ4v) is 3.99. The van der Waals surface area contributed by atoms with Crippen LogP contribution in [0.5, 0.6) is 0 Å². The number of likely N-dealkylation sites (tertiary alicyclic amines) is 1. The average molecular weight is 341 g/mol. The maximum absolute atomic E-state index is 12.5. The van der Waals surface area contributed by atoms with Crippen molar-refractivity contribution in [2.45, 2.75) is 38.0 Å². The fraction of sp³-hybridized carbons (Fsp3) is 0.474. The van der Waals surface area contributed by atoms with Crippen LogP contribution in [0.1, 0.15) is 25.5 Å². The van der Waals surface area contributed by atoms with Crippen molar-refractivity contribution < 1.29 is 13.9 Å².